The van der Waals surface area contributed by atoms with Crippen LogP contribution in [0.25, 0.3) is 0 Å². The normalized spacial score (nSPS) is 9.95. The van der Waals surface area contributed by atoms with Gasteiger partial charge in [-0.3, -0.25) is 4.79 Å². The summed E-state index contributed by atoms with van der Waals surface area (Å²) >= 11 is 0. The highest BCUT2D eigenvalue weighted by Crippen LogP contribution is 2.20. The molecule has 2 aromatic rings. The van der Waals surface area contributed by atoms with Crippen LogP contribution in [0.3, 0.4) is 0 Å². The van der Waals surface area contributed by atoms with Crippen LogP contribution in [-0.2, 0) is 4.79 Å². The number of nitrogens with two attached hydrogens (primary N) is 1. The Morgan fingerprint density at radius 3 is 2.52 bits per heavy atom. The lowest BCUT2D eigenvalue weighted by Crippen LogP contribution is -2.20. The Kier molecular flexibility index (Phi) is 5.04. The molecule has 2 aromatic carbocycles. The highest BCUT2D eigenvalue weighted by Gasteiger charge is 2.06. The van der Waals surface area contributed by atoms with E-state index in [9.17, 15) is 4.79 Å². The first-order chi connectivity index (χ1) is 10.2. The van der Waals surface area contributed by atoms with E-state index in [1.54, 1.807) is 36.4 Å². The van der Waals surface area contributed by atoms with Gasteiger partial charge in [-0.15, -0.1) is 0 Å². The first-order valence-corrected chi connectivity index (χ1v) is 6.69. The van der Waals surface area contributed by atoms with Crippen molar-refractivity contribution in [1.82, 2.24) is 0 Å². The predicted octanol–water partition coefficient (Wildman–Crippen LogP) is 2.68. The minimum atomic E-state index is -0.269. The van der Waals surface area contributed by atoms with E-state index >= 15 is 0 Å². The predicted molar refractivity (Wildman–Crippen MR) is 82.6 cm³/mol. The van der Waals surface area contributed by atoms with Gasteiger partial charge in [-0.2, -0.15) is 0 Å². The molecule has 2 rings (SSSR count). The topological polar surface area (TPSA) is 73.6 Å². The summed E-state index contributed by atoms with van der Waals surface area (Å²) in [6, 6.07) is 14.2. The molecule has 0 spiro atoms. The summed E-state index contributed by atoms with van der Waals surface area (Å²) in [5.41, 5.74) is 6.85. The van der Waals surface area contributed by atoms with E-state index in [4.69, 9.17) is 15.2 Å². The van der Waals surface area contributed by atoms with E-state index in [2.05, 4.69) is 5.32 Å². The molecule has 110 valence electrons. The molecular formula is C16H18N2O3. The lowest BCUT2D eigenvalue weighted by molar-refractivity contribution is -0.118. The van der Waals surface area contributed by atoms with Crippen molar-refractivity contribution in [3.8, 4) is 11.5 Å². The molecule has 0 saturated carbocycles. The first-order valence-electron chi connectivity index (χ1n) is 6.69. The van der Waals surface area contributed by atoms with E-state index in [0.717, 1.165) is 0 Å². The van der Waals surface area contributed by atoms with Crippen molar-refractivity contribution in [2.75, 3.05) is 24.3 Å². The van der Waals surface area contributed by atoms with Crippen LogP contribution in [0, 0.1) is 0 Å². The van der Waals surface area contributed by atoms with Crippen LogP contribution in [0.4, 0.5) is 11.4 Å². The number of nitrogen functional groups attached to an aromatic ring is 1. The van der Waals surface area contributed by atoms with Gasteiger partial charge in [-0.25, -0.2) is 0 Å². The van der Waals surface area contributed by atoms with Gasteiger partial charge in [0.25, 0.3) is 5.91 Å². The molecule has 21 heavy (non-hydrogen) atoms. The fraction of sp³-hybridized carbons (Fsp3) is 0.188. The molecule has 0 aliphatic rings. The van der Waals surface area contributed by atoms with Crippen molar-refractivity contribution in [2.24, 2.45) is 0 Å². The smallest absolute Gasteiger partial charge is 0.262 e. The SMILES string of the molecule is CCOc1cccc(OCC(=O)Nc2ccccc2N)c1. The summed E-state index contributed by atoms with van der Waals surface area (Å²) in [5.74, 6) is 1.02. The van der Waals surface area contributed by atoms with Crippen LogP contribution < -0.4 is 20.5 Å². The molecule has 3 N–H and O–H groups in total. The Bertz CT molecular complexity index is 614. The Hall–Kier alpha value is -2.69. The number of anilines is 2. The maximum Gasteiger partial charge on any atom is 0.262 e. The molecule has 0 saturated heterocycles. The third-order valence-electron chi connectivity index (χ3n) is 2.72. The molecule has 0 aliphatic heterocycles. The van der Waals surface area contributed by atoms with Crippen molar-refractivity contribution in [3.05, 3.63) is 48.5 Å². The number of carbonyl (C=O) groups excluding carboxylic acids is 1. The van der Waals surface area contributed by atoms with E-state index in [1.165, 1.54) is 0 Å². The summed E-state index contributed by atoms with van der Waals surface area (Å²) in [5, 5.41) is 2.70. The average Bonchev–Trinajstić information content (AvgIpc) is 2.48. The molecule has 0 unspecified atom stereocenters. The Morgan fingerprint density at radius 2 is 1.81 bits per heavy atom. The Morgan fingerprint density at radius 1 is 1.10 bits per heavy atom. The van der Waals surface area contributed by atoms with Gasteiger partial charge in [0, 0.05) is 6.07 Å². The molecule has 1 amide bonds. The van der Waals surface area contributed by atoms with Gasteiger partial charge in [-0.05, 0) is 31.2 Å². The summed E-state index contributed by atoms with van der Waals surface area (Å²) < 4.78 is 10.8. The highest BCUT2D eigenvalue weighted by molar-refractivity contribution is 5.94. The van der Waals surface area contributed by atoms with Gasteiger partial charge in [0.2, 0.25) is 0 Å². The molecule has 5 nitrogen and oxygen atoms in total. The molecule has 0 atom stereocenters. The molecule has 0 fully saturated rings. The van der Waals surface area contributed by atoms with Crippen LogP contribution >= 0.6 is 0 Å². The fourth-order valence-electron chi connectivity index (χ4n) is 1.77. The number of rotatable bonds is 6. The molecule has 0 aliphatic carbocycles. The quantitative estimate of drug-likeness (QED) is 0.801. The maximum atomic E-state index is 11.8. The fourth-order valence-corrected chi connectivity index (χ4v) is 1.77. The monoisotopic (exact) mass is 286 g/mol. The zero-order valence-electron chi connectivity index (χ0n) is 11.8. The van der Waals surface area contributed by atoms with Gasteiger partial charge in [0.1, 0.15) is 11.5 Å². The van der Waals surface area contributed by atoms with Crippen LogP contribution in [0.1, 0.15) is 6.92 Å². The minimum absolute atomic E-state index is 0.0933. The number of para-hydroxylation sites is 2. The van der Waals surface area contributed by atoms with E-state index in [-0.39, 0.29) is 12.5 Å². The van der Waals surface area contributed by atoms with Crippen molar-refractivity contribution in [3.63, 3.8) is 0 Å². The van der Waals surface area contributed by atoms with Gasteiger partial charge in [-0.1, -0.05) is 18.2 Å². The molecule has 0 radical (unpaired) electrons. The minimum Gasteiger partial charge on any atom is -0.494 e. The zero-order valence-corrected chi connectivity index (χ0v) is 11.8. The molecule has 0 heterocycles. The number of hydrogen-bond donors (Lipinski definition) is 2. The van der Waals surface area contributed by atoms with Gasteiger partial charge < -0.3 is 20.5 Å². The van der Waals surface area contributed by atoms with Crippen molar-refractivity contribution in [2.45, 2.75) is 6.92 Å². The first kappa shape index (κ1) is 14.7. The number of hydrogen-bond acceptors (Lipinski definition) is 4. The number of amides is 1. The van der Waals surface area contributed by atoms with Gasteiger partial charge in [0.05, 0.1) is 18.0 Å². The second-order valence-electron chi connectivity index (χ2n) is 4.33. The standard InChI is InChI=1S/C16H18N2O3/c1-2-20-12-6-5-7-13(10-12)21-11-16(19)18-15-9-4-3-8-14(15)17/h3-10H,2,11,17H2,1H3,(H,18,19). The van der Waals surface area contributed by atoms with Gasteiger partial charge >= 0.3 is 0 Å². The maximum absolute atomic E-state index is 11.8. The van der Waals surface area contributed by atoms with Crippen molar-refractivity contribution < 1.29 is 14.3 Å². The summed E-state index contributed by atoms with van der Waals surface area (Å²) in [7, 11) is 0. The summed E-state index contributed by atoms with van der Waals surface area (Å²) in [4.78, 5) is 11.8. The zero-order chi connectivity index (χ0) is 15.1. The lowest BCUT2D eigenvalue weighted by atomic mass is 10.2. The largest absolute Gasteiger partial charge is 0.494 e. The lowest BCUT2D eigenvalue weighted by Gasteiger charge is -2.10. The number of carbonyl (C=O) groups is 1. The summed E-state index contributed by atoms with van der Waals surface area (Å²) in [6.07, 6.45) is 0. The second-order valence-corrected chi connectivity index (χ2v) is 4.33. The number of benzene rings is 2. The second kappa shape index (κ2) is 7.19. The van der Waals surface area contributed by atoms with E-state index in [0.29, 0.717) is 29.5 Å². The van der Waals surface area contributed by atoms with Crippen LogP contribution in [0.15, 0.2) is 48.5 Å². The Balaban J connectivity index is 1.89. The molecule has 5 heteroatoms. The van der Waals surface area contributed by atoms with Crippen LogP contribution in [0.2, 0.25) is 0 Å². The third-order valence-corrected chi connectivity index (χ3v) is 2.72. The molecule has 0 aromatic heterocycles. The number of ether oxygens (including phenoxy) is 2. The highest BCUT2D eigenvalue weighted by atomic mass is 16.5. The Labute approximate surface area is 123 Å². The van der Waals surface area contributed by atoms with Crippen LogP contribution in [0.5, 0.6) is 11.5 Å². The van der Waals surface area contributed by atoms with E-state index in [1.807, 2.05) is 19.1 Å². The number of nitrogens with one attached hydrogen (secondary N) is 1. The molecular weight excluding hydrogens is 268 g/mol. The van der Waals surface area contributed by atoms with Crippen molar-refractivity contribution in [1.29, 1.82) is 0 Å². The third kappa shape index (κ3) is 4.42. The van der Waals surface area contributed by atoms with Crippen molar-refractivity contribution >= 4 is 17.3 Å². The molecule has 0 bridgehead atoms. The summed E-state index contributed by atoms with van der Waals surface area (Å²) in [6.45, 7) is 2.40. The average molecular weight is 286 g/mol. The van der Waals surface area contributed by atoms with E-state index < -0.39 is 0 Å². The van der Waals surface area contributed by atoms with Gasteiger partial charge in [0.15, 0.2) is 6.61 Å². The van der Waals surface area contributed by atoms with Crippen LogP contribution in [-0.4, -0.2) is 19.1 Å².